The van der Waals surface area contributed by atoms with E-state index in [1.54, 1.807) is 0 Å². The fourth-order valence-electron chi connectivity index (χ4n) is 6.33. The second kappa shape index (κ2) is 12.6. The number of aliphatic hydroxyl groups excluding tert-OH is 1. The monoisotopic (exact) mass is 767 g/mol. The standard InChI is InChI=1S/C24H16NO.C15H28O2.Ir/c1-24(2)17-8-5-9-18-20(17)21-19(26-18)12-13-25-23(21)16-11-10-14-6-3-4-7-15(14)22(16)24;1-7-14(5,8-2)12(16)11-13(17)15(6,9-3)10-4;/h3-10,12-13H,1-2H3;11,16H,7-10H2,1-6H3;/q-1;;/b;12-11-;. The van der Waals surface area contributed by atoms with Gasteiger partial charge in [0.2, 0.25) is 0 Å². The summed E-state index contributed by atoms with van der Waals surface area (Å²) in [5, 5.41) is 14.9. The van der Waals surface area contributed by atoms with Crippen molar-refractivity contribution in [3.63, 3.8) is 0 Å². The van der Waals surface area contributed by atoms with Gasteiger partial charge in [0, 0.05) is 54.0 Å². The van der Waals surface area contributed by atoms with Gasteiger partial charge in [-0.05, 0) is 54.5 Å². The van der Waals surface area contributed by atoms with Gasteiger partial charge in [-0.3, -0.25) is 4.79 Å². The molecule has 5 aromatic rings. The van der Waals surface area contributed by atoms with Crippen molar-refractivity contribution in [2.75, 3.05) is 0 Å². The second-order valence-electron chi connectivity index (χ2n) is 13.0. The van der Waals surface area contributed by atoms with Crippen LogP contribution in [0.25, 0.3) is 44.0 Å². The first-order chi connectivity index (χ1) is 20.5. The largest absolute Gasteiger partial charge is 0.512 e. The fraction of sp³-hybridized carbons (Fsp3) is 0.385. The van der Waals surface area contributed by atoms with Crippen LogP contribution in [-0.2, 0) is 30.3 Å². The summed E-state index contributed by atoms with van der Waals surface area (Å²) < 4.78 is 6.15. The second-order valence-corrected chi connectivity index (χ2v) is 13.0. The van der Waals surface area contributed by atoms with Crippen molar-refractivity contribution in [2.24, 2.45) is 10.8 Å². The van der Waals surface area contributed by atoms with Crippen molar-refractivity contribution >= 4 is 38.5 Å². The SMILES string of the molecule is CC1(C)c2c([c-]cc3ccccc23)-c2nccc3oc4cccc1c4c23.CCC(C)(CC)C(=O)/C=C(\O)C(C)(CC)CC.[Ir]. The van der Waals surface area contributed by atoms with E-state index in [1.165, 1.54) is 33.4 Å². The fourth-order valence-corrected chi connectivity index (χ4v) is 6.33. The van der Waals surface area contributed by atoms with Crippen LogP contribution in [0.5, 0.6) is 0 Å². The molecule has 0 unspecified atom stereocenters. The minimum Gasteiger partial charge on any atom is -0.512 e. The minimum atomic E-state index is -0.337. The molecule has 0 bridgehead atoms. The molecule has 0 fully saturated rings. The number of hydrogen-bond acceptors (Lipinski definition) is 4. The third kappa shape index (κ3) is 5.43. The van der Waals surface area contributed by atoms with Crippen LogP contribution in [0.1, 0.15) is 92.2 Å². The summed E-state index contributed by atoms with van der Waals surface area (Å²) >= 11 is 0. The van der Waals surface area contributed by atoms with Gasteiger partial charge in [0.05, 0.1) is 0 Å². The molecule has 5 heteroatoms. The van der Waals surface area contributed by atoms with Crippen LogP contribution in [0.4, 0.5) is 0 Å². The van der Waals surface area contributed by atoms with E-state index in [0.717, 1.165) is 53.5 Å². The molecule has 0 spiro atoms. The molecule has 0 aliphatic heterocycles. The van der Waals surface area contributed by atoms with Gasteiger partial charge in [0.25, 0.3) is 0 Å². The Morgan fingerprint density at radius 3 is 2.20 bits per heavy atom. The predicted molar refractivity (Wildman–Crippen MR) is 179 cm³/mol. The summed E-state index contributed by atoms with van der Waals surface area (Å²) in [7, 11) is 0. The Bertz CT molecular complexity index is 1850. The predicted octanol–water partition coefficient (Wildman–Crippen LogP) is 10.9. The van der Waals surface area contributed by atoms with Gasteiger partial charge in [-0.15, -0.1) is 23.3 Å². The maximum atomic E-state index is 12.2. The van der Waals surface area contributed by atoms with Gasteiger partial charge in [-0.1, -0.05) is 103 Å². The molecule has 0 amide bonds. The number of furan rings is 1. The number of benzene rings is 3. The van der Waals surface area contributed by atoms with Crippen LogP contribution in [0.15, 0.2) is 77.0 Å². The Morgan fingerprint density at radius 1 is 0.909 bits per heavy atom. The third-order valence-electron chi connectivity index (χ3n) is 10.4. The van der Waals surface area contributed by atoms with E-state index < -0.39 is 0 Å². The molecule has 2 heterocycles. The van der Waals surface area contributed by atoms with E-state index >= 15 is 0 Å². The van der Waals surface area contributed by atoms with Crippen LogP contribution in [0, 0.1) is 16.9 Å². The zero-order valence-electron chi connectivity index (χ0n) is 27.2. The number of fused-ring (bicyclic) bond motifs is 4. The Hall–Kier alpha value is -3.27. The van der Waals surface area contributed by atoms with Crippen LogP contribution >= 0.6 is 0 Å². The summed E-state index contributed by atoms with van der Waals surface area (Å²) in [4.78, 5) is 17.0. The van der Waals surface area contributed by atoms with E-state index in [4.69, 9.17) is 9.40 Å². The summed E-state index contributed by atoms with van der Waals surface area (Å²) in [5.74, 6) is 0.286. The molecular formula is C39H44IrNO3-. The normalized spacial score (nSPS) is 14.1. The van der Waals surface area contributed by atoms with Crippen molar-refractivity contribution in [1.29, 1.82) is 0 Å². The molecule has 44 heavy (non-hydrogen) atoms. The molecule has 2 aromatic heterocycles. The molecule has 1 N–H and O–H groups in total. The number of carbonyl (C=O) groups is 1. The van der Waals surface area contributed by atoms with Crippen molar-refractivity contribution < 1.29 is 34.4 Å². The van der Waals surface area contributed by atoms with Gasteiger partial charge in [-0.2, -0.15) is 0 Å². The Labute approximate surface area is 275 Å². The first kappa shape index (κ1) is 33.6. The van der Waals surface area contributed by atoms with Crippen molar-refractivity contribution in [1.82, 2.24) is 4.98 Å². The number of ketones is 1. The van der Waals surface area contributed by atoms with Crippen LogP contribution in [0.3, 0.4) is 0 Å². The van der Waals surface area contributed by atoms with E-state index in [9.17, 15) is 9.90 Å². The maximum Gasteiger partial charge on any atom is 0.164 e. The zero-order chi connectivity index (χ0) is 31.2. The first-order valence-electron chi connectivity index (χ1n) is 15.7. The molecule has 1 aliphatic carbocycles. The molecule has 4 nitrogen and oxygen atoms in total. The van der Waals surface area contributed by atoms with Crippen molar-refractivity contribution in [2.45, 2.75) is 86.5 Å². The number of aliphatic hydroxyl groups is 1. The maximum absolute atomic E-state index is 12.2. The van der Waals surface area contributed by atoms with E-state index in [1.807, 2.05) is 53.8 Å². The number of aromatic nitrogens is 1. The van der Waals surface area contributed by atoms with Crippen LogP contribution < -0.4 is 0 Å². The molecule has 0 saturated heterocycles. The quantitative estimate of drug-likeness (QED) is 0.102. The number of hydrogen-bond donors (Lipinski definition) is 1. The molecule has 1 radical (unpaired) electrons. The number of pyridine rings is 1. The Morgan fingerprint density at radius 2 is 1.55 bits per heavy atom. The van der Waals surface area contributed by atoms with Crippen LogP contribution in [-0.4, -0.2) is 15.9 Å². The summed E-state index contributed by atoms with van der Waals surface area (Å²) in [6, 6.07) is 22.5. The third-order valence-corrected chi connectivity index (χ3v) is 10.4. The number of nitrogens with zero attached hydrogens (tertiary/aromatic N) is 1. The number of carbonyl (C=O) groups excluding carboxylic acids is 1. The molecule has 6 rings (SSSR count). The number of rotatable bonds is 7. The first-order valence-corrected chi connectivity index (χ1v) is 15.7. The van der Waals surface area contributed by atoms with E-state index in [-0.39, 0.29) is 47.9 Å². The molecule has 0 saturated carbocycles. The average Bonchev–Trinajstić information content (AvgIpc) is 3.38. The van der Waals surface area contributed by atoms with Gasteiger partial charge < -0.3 is 14.5 Å². The van der Waals surface area contributed by atoms with Gasteiger partial charge >= 0.3 is 0 Å². The molecular weight excluding hydrogens is 723 g/mol. The average molecular weight is 767 g/mol. The van der Waals surface area contributed by atoms with E-state index in [0.29, 0.717) is 0 Å². The summed E-state index contributed by atoms with van der Waals surface area (Å²) in [6.45, 7) is 16.7. The van der Waals surface area contributed by atoms with Gasteiger partial charge in [-0.25, -0.2) is 0 Å². The van der Waals surface area contributed by atoms with Gasteiger partial charge in [0.1, 0.15) is 16.9 Å². The molecule has 233 valence electrons. The zero-order valence-corrected chi connectivity index (χ0v) is 29.6. The Kier molecular flexibility index (Phi) is 9.64. The molecule has 3 aromatic carbocycles. The van der Waals surface area contributed by atoms with Crippen LogP contribution in [0.2, 0.25) is 0 Å². The summed E-state index contributed by atoms with van der Waals surface area (Å²) in [5.41, 5.74) is 5.65. The van der Waals surface area contributed by atoms with Crippen molar-refractivity contribution in [3.05, 3.63) is 89.8 Å². The Balaban J connectivity index is 0.000000218. The van der Waals surface area contributed by atoms with Gasteiger partial charge in [0.15, 0.2) is 5.78 Å². The van der Waals surface area contributed by atoms with E-state index in [2.05, 4.69) is 68.4 Å². The summed E-state index contributed by atoms with van der Waals surface area (Å²) in [6.07, 6.45) is 6.59. The smallest absolute Gasteiger partial charge is 0.164 e. The topological polar surface area (TPSA) is 63.3 Å². The molecule has 0 atom stereocenters. The molecule has 1 aliphatic rings. The minimum absolute atomic E-state index is 0. The van der Waals surface area contributed by atoms with Crippen molar-refractivity contribution in [3.8, 4) is 11.3 Å². The number of allylic oxidation sites excluding steroid dienone is 2.